The van der Waals surface area contributed by atoms with Gasteiger partial charge in [0.05, 0.1) is 13.7 Å². The van der Waals surface area contributed by atoms with Crippen molar-refractivity contribution in [2.75, 3.05) is 20.3 Å². The Morgan fingerprint density at radius 1 is 1.27 bits per heavy atom. The Balaban J connectivity index is 1.61. The van der Waals surface area contributed by atoms with Crippen LogP contribution < -0.4 is 10.1 Å². The van der Waals surface area contributed by atoms with Crippen LogP contribution in [0.5, 0.6) is 5.75 Å². The summed E-state index contributed by atoms with van der Waals surface area (Å²) in [5.41, 5.74) is 1.58. The summed E-state index contributed by atoms with van der Waals surface area (Å²) < 4.78 is 5.20. The first kappa shape index (κ1) is 15.8. The van der Waals surface area contributed by atoms with E-state index in [1.165, 1.54) is 24.8 Å². The minimum absolute atomic E-state index is 0.155. The molecule has 2 unspecified atom stereocenters. The van der Waals surface area contributed by atoms with Crippen molar-refractivity contribution in [2.45, 2.75) is 45.1 Å². The van der Waals surface area contributed by atoms with Gasteiger partial charge in [-0.2, -0.15) is 0 Å². The Labute approximate surface area is 134 Å². The Kier molecular flexibility index (Phi) is 4.47. The zero-order chi connectivity index (χ0) is 15.7. The molecule has 0 heterocycles. The summed E-state index contributed by atoms with van der Waals surface area (Å²) in [5, 5.41) is 13.5. The molecule has 2 aliphatic carbocycles. The number of hydrogen-bond acceptors (Lipinski definition) is 3. The number of rotatable bonds is 6. The molecule has 2 N–H and O–H groups in total. The predicted octanol–water partition coefficient (Wildman–Crippen LogP) is 3.19. The van der Waals surface area contributed by atoms with Crippen LogP contribution in [0.15, 0.2) is 24.3 Å². The monoisotopic (exact) mass is 303 g/mol. The number of aliphatic hydroxyl groups excluding tert-OH is 1. The first-order valence-corrected chi connectivity index (χ1v) is 8.56. The molecule has 0 aliphatic heterocycles. The molecule has 1 aromatic rings. The van der Waals surface area contributed by atoms with E-state index < -0.39 is 0 Å². The fourth-order valence-electron chi connectivity index (χ4n) is 4.82. The zero-order valence-electron chi connectivity index (χ0n) is 14.0. The first-order chi connectivity index (χ1) is 10.6. The largest absolute Gasteiger partial charge is 0.497 e. The second kappa shape index (κ2) is 6.21. The highest BCUT2D eigenvalue weighted by Gasteiger charge is 2.57. The van der Waals surface area contributed by atoms with E-state index in [-0.39, 0.29) is 12.5 Å². The molecule has 0 radical (unpaired) electrons. The van der Waals surface area contributed by atoms with Gasteiger partial charge < -0.3 is 15.2 Å². The van der Waals surface area contributed by atoms with Crippen LogP contribution in [0.3, 0.4) is 0 Å². The van der Waals surface area contributed by atoms with Gasteiger partial charge in [-0.1, -0.05) is 32.4 Å². The molecule has 2 fully saturated rings. The molecule has 0 spiro atoms. The van der Waals surface area contributed by atoms with Gasteiger partial charge in [0.25, 0.3) is 0 Å². The van der Waals surface area contributed by atoms with E-state index >= 15 is 0 Å². The number of hydrogen-bond donors (Lipinski definition) is 2. The van der Waals surface area contributed by atoms with Crippen molar-refractivity contribution >= 4 is 0 Å². The molecule has 4 atom stereocenters. The van der Waals surface area contributed by atoms with Crippen LogP contribution in [0, 0.1) is 17.3 Å². The molecular weight excluding hydrogens is 274 g/mol. The summed E-state index contributed by atoms with van der Waals surface area (Å²) >= 11 is 0. The molecule has 3 nitrogen and oxygen atoms in total. The number of fused-ring (bicyclic) bond motifs is 1. The maximum absolute atomic E-state index is 9.76. The van der Waals surface area contributed by atoms with Crippen LogP contribution >= 0.6 is 0 Å². The molecule has 22 heavy (non-hydrogen) atoms. The van der Waals surface area contributed by atoms with Gasteiger partial charge in [0, 0.05) is 18.5 Å². The summed E-state index contributed by atoms with van der Waals surface area (Å²) in [6.45, 7) is 5.83. The quantitative estimate of drug-likeness (QED) is 0.848. The third-order valence-corrected chi connectivity index (χ3v) is 6.15. The average molecular weight is 303 g/mol. The van der Waals surface area contributed by atoms with Gasteiger partial charge in [0.15, 0.2) is 0 Å². The Morgan fingerprint density at radius 3 is 2.64 bits per heavy atom. The second-order valence-electron chi connectivity index (χ2n) is 7.56. The average Bonchev–Trinajstić information content (AvgIpc) is 2.98. The first-order valence-electron chi connectivity index (χ1n) is 8.56. The minimum Gasteiger partial charge on any atom is -0.497 e. The third kappa shape index (κ3) is 2.65. The topological polar surface area (TPSA) is 41.5 Å². The van der Waals surface area contributed by atoms with Crippen molar-refractivity contribution in [3.05, 3.63) is 29.8 Å². The Bertz CT molecular complexity index is 497. The smallest absolute Gasteiger partial charge is 0.118 e. The summed E-state index contributed by atoms with van der Waals surface area (Å²) in [6, 6.07) is 8.67. The summed E-state index contributed by atoms with van der Waals surface area (Å²) in [4.78, 5) is 0. The lowest BCUT2D eigenvalue weighted by Gasteiger charge is -2.57. The second-order valence-corrected chi connectivity index (χ2v) is 7.56. The lowest BCUT2D eigenvalue weighted by Crippen LogP contribution is -2.62. The van der Waals surface area contributed by atoms with Crippen molar-refractivity contribution in [3.63, 3.8) is 0 Å². The standard InChI is InChI=1S/C19H29NO2/c1-19(2)17-6-4-5-16(17)18(19)20-11-14(12-21)13-7-9-15(22-3)10-8-13/h7-10,14,16-18,20-21H,4-6,11-12H2,1-3H3/t14?,16-,17+,18?/m1/s1. The number of aliphatic hydroxyl groups is 1. The van der Waals surface area contributed by atoms with Gasteiger partial charge >= 0.3 is 0 Å². The Morgan fingerprint density at radius 2 is 2.00 bits per heavy atom. The van der Waals surface area contributed by atoms with E-state index in [1.54, 1.807) is 7.11 Å². The van der Waals surface area contributed by atoms with Crippen LogP contribution in [-0.4, -0.2) is 31.4 Å². The van der Waals surface area contributed by atoms with Crippen LogP contribution in [-0.2, 0) is 0 Å². The van der Waals surface area contributed by atoms with E-state index in [1.807, 2.05) is 12.1 Å². The molecule has 0 amide bonds. The van der Waals surface area contributed by atoms with Gasteiger partial charge in [0.2, 0.25) is 0 Å². The highest BCUT2D eigenvalue weighted by molar-refractivity contribution is 5.29. The summed E-state index contributed by atoms with van der Waals surface area (Å²) in [5.74, 6) is 2.77. The molecule has 0 bridgehead atoms. The van der Waals surface area contributed by atoms with E-state index in [2.05, 4.69) is 31.3 Å². The fraction of sp³-hybridized carbons (Fsp3) is 0.684. The highest BCUT2D eigenvalue weighted by atomic mass is 16.5. The molecule has 1 aromatic carbocycles. The number of nitrogens with one attached hydrogen (secondary N) is 1. The van der Waals surface area contributed by atoms with Gasteiger partial charge in [-0.05, 0) is 47.8 Å². The predicted molar refractivity (Wildman–Crippen MR) is 89.2 cm³/mol. The zero-order valence-corrected chi connectivity index (χ0v) is 14.0. The molecule has 122 valence electrons. The molecule has 0 aromatic heterocycles. The minimum atomic E-state index is 0.155. The van der Waals surface area contributed by atoms with Crippen molar-refractivity contribution in [3.8, 4) is 5.75 Å². The van der Waals surface area contributed by atoms with Gasteiger partial charge in [-0.15, -0.1) is 0 Å². The van der Waals surface area contributed by atoms with E-state index in [0.29, 0.717) is 11.5 Å². The Hall–Kier alpha value is -1.06. The maximum Gasteiger partial charge on any atom is 0.118 e. The fourth-order valence-corrected chi connectivity index (χ4v) is 4.82. The SMILES string of the molecule is COc1ccc(C(CO)CNC2[C@@H]3CCC[C@@H]3C2(C)C)cc1. The normalized spacial score (nSPS) is 30.5. The van der Waals surface area contributed by atoms with Gasteiger partial charge in [-0.25, -0.2) is 0 Å². The van der Waals surface area contributed by atoms with Gasteiger partial charge in [-0.3, -0.25) is 0 Å². The van der Waals surface area contributed by atoms with E-state index in [0.717, 1.165) is 24.1 Å². The molecule has 3 heteroatoms. The van der Waals surface area contributed by atoms with Crippen molar-refractivity contribution in [1.29, 1.82) is 0 Å². The molecule has 2 saturated carbocycles. The van der Waals surface area contributed by atoms with Crippen molar-refractivity contribution < 1.29 is 9.84 Å². The van der Waals surface area contributed by atoms with Crippen molar-refractivity contribution in [2.24, 2.45) is 17.3 Å². The summed E-state index contributed by atoms with van der Waals surface area (Å²) in [7, 11) is 1.68. The van der Waals surface area contributed by atoms with E-state index in [4.69, 9.17) is 4.74 Å². The lowest BCUT2D eigenvalue weighted by molar-refractivity contribution is -0.0415. The third-order valence-electron chi connectivity index (χ3n) is 6.15. The van der Waals surface area contributed by atoms with Gasteiger partial charge in [0.1, 0.15) is 5.75 Å². The summed E-state index contributed by atoms with van der Waals surface area (Å²) in [6.07, 6.45) is 4.16. The van der Waals surface area contributed by atoms with E-state index in [9.17, 15) is 5.11 Å². The van der Waals surface area contributed by atoms with Crippen LogP contribution in [0.2, 0.25) is 0 Å². The molecular formula is C19H29NO2. The molecule has 3 rings (SSSR count). The maximum atomic E-state index is 9.76. The number of ether oxygens (including phenoxy) is 1. The highest BCUT2D eigenvalue weighted by Crippen LogP contribution is 2.58. The van der Waals surface area contributed by atoms with Crippen LogP contribution in [0.1, 0.15) is 44.6 Å². The lowest BCUT2D eigenvalue weighted by atomic mass is 9.53. The van der Waals surface area contributed by atoms with Crippen molar-refractivity contribution in [1.82, 2.24) is 5.32 Å². The van der Waals surface area contributed by atoms with Crippen LogP contribution in [0.4, 0.5) is 0 Å². The number of benzene rings is 1. The number of methoxy groups -OCH3 is 1. The van der Waals surface area contributed by atoms with Crippen LogP contribution in [0.25, 0.3) is 0 Å². The molecule has 2 aliphatic rings. The molecule has 0 saturated heterocycles.